The van der Waals surface area contributed by atoms with Crippen LogP contribution in [-0.2, 0) is 6.54 Å². The summed E-state index contributed by atoms with van der Waals surface area (Å²) in [5.74, 6) is 1.71. The lowest BCUT2D eigenvalue weighted by molar-refractivity contribution is 0.191. The lowest BCUT2D eigenvalue weighted by Crippen LogP contribution is -2.39. The zero-order valence-corrected chi connectivity index (χ0v) is 15.9. The topological polar surface area (TPSA) is 65.7 Å². The molecule has 0 unspecified atom stereocenters. The van der Waals surface area contributed by atoms with Gasteiger partial charge in [0.15, 0.2) is 5.96 Å². The number of aromatic nitrogens is 1. The van der Waals surface area contributed by atoms with Crippen LogP contribution >= 0.6 is 24.0 Å². The maximum Gasteiger partial charge on any atom is 0.191 e. The van der Waals surface area contributed by atoms with Crippen LogP contribution in [0.25, 0.3) is 0 Å². The highest BCUT2D eigenvalue weighted by Crippen LogP contribution is 2.15. The molecule has 1 aromatic heterocycles. The van der Waals surface area contributed by atoms with E-state index in [1.807, 2.05) is 6.07 Å². The highest BCUT2D eigenvalue weighted by atomic mass is 127. The average molecular weight is 421 g/mol. The molecule has 0 saturated carbocycles. The number of rotatable bonds is 6. The van der Waals surface area contributed by atoms with Crippen LogP contribution < -0.4 is 10.6 Å². The Morgan fingerprint density at radius 3 is 2.82 bits per heavy atom. The first-order valence-electron chi connectivity index (χ1n) is 7.84. The molecule has 0 aliphatic carbocycles. The average Bonchev–Trinajstić information content (AvgIpc) is 3.02. The maximum absolute atomic E-state index is 4.80. The third-order valence-corrected chi connectivity index (χ3v) is 3.97. The van der Waals surface area contributed by atoms with Crippen molar-refractivity contribution < 1.29 is 4.52 Å². The zero-order valence-electron chi connectivity index (χ0n) is 13.5. The van der Waals surface area contributed by atoms with E-state index < -0.39 is 0 Å². The number of nitrogens with zero attached hydrogens (tertiary/aromatic N) is 3. The Bertz CT molecular complexity index is 416. The van der Waals surface area contributed by atoms with Gasteiger partial charge in [0, 0.05) is 19.7 Å². The molecule has 0 spiro atoms. The summed E-state index contributed by atoms with van der Waals surface area (Å²) in [6.07, 6.45) is 5.40. The van der Waals surface area contributed by atoms with Crippen LogP contribution in [0.5, 0.6) is 0 Å². The quantitative estimate of drug-likeness (QED) is 0.319. The number of hydrogen-bond acceptors (Lipinski definition) is 4. The molecule has 1 aliphatic heterocycles. The van der Waals surface area contributed by atoms with E-state index in [2.05, 4.69) is 32.6 Å². The van der Waals surface area contributed by atoms with E-state index in [4.69, 9.17) is 4.52 Å². The molecule has 0 bridgehead atoms. The Morgan fingerprint density at radius 1 is 1.41 bits per heavy atom. The summed E-state index contributed by atoms with van der Waals surface area (Å²) in [4.78, 5) is 6.77. The van der Waals surface area contributed by atoms with E-state index in [9.17, 15) is 0 Å². The summed E-state index contributed by atoms with van der Waals surface area (Å²) < 4.78 is 4.80. The van der Waals surface area contributed by atoms with Gasteiger partial charge in [-0.2, -0.15) is 0 Å². The molecule has 1 aliphatic rings. The number of halogens is 1. The van der Waals surface area contributed by atoms with Crippen LogP contribution in [0.4, 0.5) is 0 Å². The normalized spacial score (nSPS) is 17.1. The minimum absolute atomic E-state index is 0. The minimum atomic E-state index is 0. The summed E-state index contributed by atoms with van der Waals surface area (Å²) >= 11 is 0. The van der Waals surface area contributed by atoms with Crippen molar-refractivity contribution in [3.05, 3.63) is 18.0 Å². The fourth-order valence-corrected chi connectivity index (χ4v) is 2.52. The first-order valence-corrected chi connectivity index (χ1v) is 7.84. The number of hydrogen-bond donors (Lipinski definition) is 2. The van der Waals surface area contributed by atoms with E-state index in [0.29, 0.717) is 6.54 Å². The summed E-state index contributed by atoms with van der Waals surface area (Å²) in [7, 11) is 1.78. The third-order valence-electron chi connectivity index (χ3n) is 3.97. The Hall–Kier alpha value is -0.830. The van der Waals surface area contributed by atoms with Crippen LogP contribution in [-0.4, -0.2) is 49.2 Å². The van der Waals surface area contributed by atoms with Crippen molar-refractivity contribution in [3.8, 4) is 0 Å². The first-order chi connectivity index (χ1) is 10.3. The maximum atomic E-state index is 4.80. The smallest absolute Gasteiger partial charge is 0.191 e. The molecule has 1 saturated heterocycles. The number of piperidine rings is 1. The molecule has 0 aromatic carbocycles. The van der Waals surface area contributed by atoms with Crippen LogP contribution in [0.3, 0.4) is 0 Å². The standard InChI is InChI=1S/C15H27N5O.HI/c1-13-4-9-20(10-5-13)8-3-7-17-15(16-2)18-12-14-6-11-21-19-14;/h6,11,13H,3-5,7-10,12H2,1-2H3,(H2,16,17,18);1H. The molecule has 2 heterocycles. The van der Waals surface area contributed by atoms with Crippen molar-refractivity contribution in [3.63, 3.8) is 0 Å². The molecule has 0 radical (unpaired) electrons. The van der Waals surface area contributed by atoms with Crippen molar-refractivity contribution in [1.29, 1.82) is 0 Å². The fourth-order valence-electron chi connectivity index (χ4n) is 2.52. The van der Waals surface area contributed by atoms with E-state index in [1.54, 1.807) is 13.3 Å². The molecule has 1 fully saturated rings. The summed E-state index contributed by atoms with van der Waals surface area (Å²) in [5.41, 5.74) is 0.875. The highest BCUT2D eigenvalue weighted by molar-refractivity contribution is 14.0. The summed E-state index contributed by atoms with van der Waals surface area (Å²) in [5, 5.41) is 10.4. The minimum Gasteiger partial charge on any atom is -0.364 e. The second-order valence-electron chi connectivity index (χ2n) is 5.72. The van der Waals surface area contributed by atoms with Crippen molar-refractivity contribution in [2.45, 2.75) is 32.7 Å². The van der Waals surface area contributed by atoms with Gasteiger partial charge < -0.3 is 20.1 Å². The van der Waals surface area contributed by atoms with Gasteiger partial charge in [0.05, 0.1) is 6.54 Å². The summed E-state index contributed by atoms with van der Waals surface area (Å²) in [6, 6.07) is 1.84. The second kappa shape index (κ2) is 10.8. The fraction of sp³-hybridized carbons (Fsp3) is 0.733. The molecule has 0 amide bonds. The van der Waals surface area contributed by atoms with Gasteiger partial charge in [-0.25, -0.2) is 0 Å². The van der Waals surface area contributed by atoms with Crippen molar-refractivity contribution in [1.82, 2.24) is 20.7 Å². The zero-order chi connectivity index (χ0) is 14.9. The number of nitrogens with one attached hydrogen (secondary N) is 2. The number of likely N-dealkylation sites (tertiary alicyclic amines) is 1. The Kier molecular flexibility index (Phi) is 9.45. The van der Waals surface area contributed by atoms with Crippen LogP contribution in [0, 0.1) is 5.92 Å². The van der Waals surface area contributed by atoms with Crippen molar-refractivity contribution >= 4 is 29.9 Å². The molecular weight excluding hydrogens is 393 g/mol. The predicted molar refractivity (Wildman–Crippen MR) is 99.6 cm³/mol. The lowest BCUT2D eigenvalue weighted by Gasteiger charge is -2.30. The molecule has 0 atom stereocenters. The van der Waals surface area contributed by atoms with Crippen LogP contribution in [0.2, 0.25) is 0 Å². The monoisotopic (exact) mass is 421 g/mol. The Labute approximate surface area is 150 Å². The summed E-state index contributed by atoms with van der Waals surface area (Å²) in [6.45, 7) is 7.58. The number of aliphatic imine (C=N–C) groups is 1. The molecule has 126 valence electrons. The van der Waals surface area contributed by atoms with E-state index in [1.165, 1.54) is 32.5 Å². The lowest BCUT2D eigenvalue weighted by atomic mass is 9.99. The largest absolute Gasteiger partial charge is 0.364 e. The van der Waals surface area contributed by atoms with Gasteiger partial charge >= 0.3 is 0 Å². The molecule has 2 rings (SSSR count). The molecule has 1 aromatic rings. The highest BCUT2D eigenvalue weighted by Gasteiger charge is 2.14. The van der Waals surface area contributed by atoms with Crippen LogP contribution in [0.15, 0.2) is 21.8 Å². The van der Waals surface area contributed by atoms with E-state index >= 15 is 0 Å². The van der Waals surface area contributed by atoms with Crippen LogP contribution in [0.1, 0.15) is 31.9 Å². The van der Waals surface area contributed by atoms with Crippen molar-refractivity contribution in [2.24, 2.45) is 10.9 Å². The molecule has 22 heavy (non-hydrogen) atoms. The first kappa shape index (κ1) is 19.2. The third kappa shape index (κ3) is 6.95. The van der Waals surface area contributed by atoms with E-state index in [-0.39, 0.29) is 24.0 Å². The molecule has 6 nitrogen and oxygen atoms in total. The van der Waals surface area contributed by atoms with Gasteiger partial charge in [-0.1, -0.05) is 12.1 Å². The molecular formula is C15H28IN5O. The van der Waals surface area contributed by atoms with Crippen molar-refractivity contribution in [2.75, 3.05) is 33.2 Å². The number of guanidine groups is 1. The molecule has 2 N–H and O–H groups in total. The second-order valence-corrected chi connectivity index (χ2v) is 5.72. The van der Waals surface area contributed by atoms with E-state index in [0.717, 1.165) is 30.5 Å². The van der Waals surface area contributed by atoms with Gasteiger partial charge in [-0.3, -0.25) is 4.99 Å². The van der Waals surface area contributed by atoms with Gasteiger partial charge in [-0.05, 0) is 44.8 Å². The molecule has 7 heteroatoms. The van der Waals surface area contributed by atoms with Gasteiger partial charge in [-0.15, -0.1) is 24.0 Å². The SMILES string of the molecule is CN=C(NCCCN1CCC(C)CC1)NCc1ccon1.I. The predicted octanol–water partition coefficient (Wildman–Crippen LogP) is 2.08. The van der Waals surface area contributed by atoms with Gasteiger partial charge in [0.25, 0.3) is 0 Å². The Morgan fingerprint density at radius 2 is 2.18 bits per heavy atom. The van der Waals surface area contributed by atoms with Gasteiger partial charge in [0.2, 0.25) is 0 Å². The van der Waals surface area contributed by atoms with Gasteiger partial charge in [0.1, 0.15) is 12.0 Å². The Balaban J connectivity index is 0.00000242.